The highest BCUT2D eigenvalue weighted by atomic mass is 79.9. The molecule has 6 nitrogen and oxygen atoms in total. The van der Waals surface area contributed by atoms with E-state index in [4.69, 9.17) is 13.9 Å². The monoisotopic (exact) mass is 481 g/mol. The first kappa shape index (κ1) is 18.5. The minimum absolute atomic E-state index is 0.111. The number of carbonyl (C=O) groups excluding carboxylic acids is 1. The number of fused-ring (bicyclic) bond motifs is 1. The number of ether oxygens (including phenoxy) is 2. The first-order valence-electron chi connectivity index (χ1n) is 7.39. The van der Waals surface area contributed by atoms with E-state index in [1.54, 1.807) is 30.3 Å². The number of halogens is 2. The molecule has 1 aromatic heterocycles. The predicted molar refractivity (Wildman–Crippen MR) is 105 cm³/mol. The van der Waals surface area contributed by atoms with Crippen molar-refractivity contribution in [3.63, 3.8) is 0 Å². The summed E-state index contributed by atoms with van der Waals surface area (Å²) in [5.74, 6) is 0.397. The highest BCUT2D eigenvalue weighted by molar-refractivity contribution is 9.11. The van der Waals surface area contributed by atoms with E-state index in [2.05, 4.69) is 37.2 Å². The average molecular weight is 483 g/mol. The third-order valence-corrected chi connectivity index (χ3v) is 4.70. The standard InChI is InChI=1S/C18H13Br2NO5/c1-24-11-3-4-14(15(8-11)25-2)21-17(22)12-6-9-5-10(19)7-13(20)16(9)26-18(12)23/h3-8H,1-2H3,(H,21,22). The van der Waals surface area contributed by atoms with Gasteiger partial charge >= 0.3 is 5.63 Å². The number of nitrogens with one attached hydrogen (secondary N) is 1. The van der Waals surface area contributed by atoms with Crippen LogP contribution >= 0.6 is 31.9 Å². The van der Waals surface area contributed by atoms with Crippen LogP contribution in [0.5, 0.6) is 11.5 Å². The van der Waals surface area contributed by atoms with E-state index in [1.165, 1.54) is 20.3 Å². The third kappa shape index (κ3) is 3.61. The van der Waals surface area contributed by atoms with Crippen LogP contribution in [-0.4, -0.2) is 20.1 Å². The number of amides is 1. The Morgan fingerprint density at radius 3 is 2.54 bits per heavy atom. The molecule has 0 unspecified atom stereocenters. The number of anilines is 1. The van der Waals surface area contributed by atoms with E-state index in [-0.39, 0.29) is 5.56 Å². The number of carbonyl (C=O) groups is 1. The summed E-state index contributed by atoms with van der Waals surface area (Å²) in [5, 5.41) is 3.27. The fraction of sp³-hybridized carbons (Fsp3) is 0.111. The Balaban J connectivity index is 2.00. The van der Waals surface area contributed by atoms with Crippen molar-refractivity contribution in [2.24, 2.45) is 0 Å². The Morgan fingerprint density at radius 2 is 1.85 bits per heavy atom. The molecule has 0 fully saturated rings. The average Bonchev–Trinajstić information content (AvgIpc) is 2.62. The molecule has 1 N–H and O–H groups in total. The van der Waals surface area contributed by atoms with E-state index in [9.17, 15) is 9.59 Å². The smallest absolute Gasteiger partial charge is 0.349 e. The van der Waals surface area contributed by atoms with Crippen LogP contribution in [0.4, 0.5) is 5.69 Å². The summed E-state index contributed by atoms with van der Waals surface area (Å²) in [6.07, 6.45) is 0. The predicted octanol–water partition coefficient (Wildman–Crippen LogP) is 4.59. The van der Waals surface area contributed by atoms with Gasteiger partial charge in [-0.1, -0.05) is 15.9 Å². The van der Waals surface area contributed by atoms with Gasteiger partial charge in [0.05, 0.1) is 24.4 Å². The molecule has 8 heteroatoms. The first-order valence-corrected chi connectivity index (χ1v) is 8.98. The molecule has 3 aromatic rings. The third-order valence-electron chi connectivity index (χ3n) is 3.65. The highest BCUT2D eigenvalue weighted by Gasteiger charge is 2.17. The van der Waals surface area contributed by atoms with Gasteiger partial charge in [-0.05, 0) is 46.3 Å². The molecule has 26 heavy (non-hydrogen) atoms. The molecule has 0 aliphatic carbocycles. The second kappa shape index (κ2) is 7.51. The van der Waals surface area contributed by atoms with Crippen molar-refractivity contribution in [3.05, 3.63) is 61.3 Å². The summed E-state index contributed by atoms with van der Waals surface area (Å²) in [4.78, 5) is 24.8. The second-order valence-electron chi connectivity index (χ2n) is 5.27. The van der Waals surface area contributed by atoms with E-state index < -0.39 is 11.5 Å². The minimum atomic E-state index is -0.731. The molecule has 134 valence electrons. The van der Waals surface area contributed by atoms with Crippen molar-refractivity contribution in [2.45, 2.75) is 0 Å². The van der Waals surface area contributed by atoms with E-state index in [0.29, 0.717) is 32.6 Å². The van der Waals surface area contributed by atoms with Gasteiger partial charge < -0.3 is 19.2 Å². The summed E-state index contributed by atoms with van der Waals surface area (Å²) in [6.45, 7) is 0. The van der Waals surface area contributed by atoms with Crippen LogP contribution in [-0.2, 0) is 0 Å². The molecular weight excluding hydrogens is 470 g/mol. The van der Waals surface area contributed by atoms with Gasteiger partial charge in [0.2, 0.25) is 0 Å². The lowest BCUT2D eigenvalue weighted by Crippen LogP contribution is -2.21. The second-order valence-corrected chi connectivity index (χ2v) is 7.04. The van der Waals surface area contributed by atoms with Gasteiger partial charge in [-0.25, -0.2) is 4.79 Å². The summed E-state index contributed by atoms with van der Waals surface area (Å²) in [5.41, 5.74) is -0.0594. The number of hydrogen-bond acceptors (Lipinski definition) is 5. The van der Waals surface area contributed by atoms with Crippen molar-refractivity contribution < 1.29 is 18.7 Å². The highest BCUT2D eigenvalue weighted by Crippen LogP contribution is 2.30. The van der Waals surface area contributed by atoms with Gasteiger partial charge in [0.15, 0.2) is 5.58 Å². The Kier molecular flexibility index (Phi) is 5.33. The minimum Gasteiger partial charge on any atom is -0.497 e. The van der Waals surface area contributed by atoms with Crippen LogP contribution in [0, 0.1) is 0 Å². The lowest BCUT2D eigenvalue weighted by atomic mass is 10.1. The summed E-state index contributed by atoms with van der Waals surface area (Å²) in [6, 6.07) is 9.94. The Morgan fingerprint density at radius 1 is 1.08 bits per heavy atom. The Bertz CT molecular complexity index is 1060. The fourth-order valence-electron chi connectivity index (χ4n) is 2.41. The van der Waals surface area contributed by atoms with Crippen molar-refractivity contribution in [1.82, 2.24) is 0 Å². The van der Waals surface area contributed by atoms with Crippen molar-refractivity contribution in [1.29, 1.82) is 0 Å². The molecule has 3 rings (SSSR count). The first-order chi connectivity index (χ1) is 12.4. The van der Waals surface area contributed by atoms with Crippen LogP contribution in [0.15, 0.2) is 54.6 Å². The van der Waals surface area contributed by atoms with Gasteiger partial charge in [-0.3, -0.25) is 4.79 Å². The van der Waals surface area contributed by atoms with Gasteiger partial charge in [0, 0.05) is 15.9 Å². The van der Waals surface area contributed by atoms with Crippen LogP contribution < -0.4 is 20.4 Å². The Labute approximate surface area is 165 Å². The topological polar surface area (TPSA) is 77.8 Å². The molecular formula is C18H13Br2NO5. The van der Waals surface area contributed by atoms with Gasteiger partial charge in [-0.2, -0.15) is 0 Å². The molecule has 0 spiro atoms. The van der Waals surface area contributed by atoms with E-state index >= 15 is 0 Å². The fourth-order valence-corrected chi connectivity index (χ4v) is 3.75. The molecule has 1 amide bonds. The van der Waals surface area contributed by atoms with Gasteiger partial charge in [0.1, 0.15) is 17.1 Å². The number of rotatable bonds is 4. The number of hydrogen-bond donors (Lipinski definition) is 1. The summed E-state index contributed by atoms with van der Waals surface area (Å²) < 4.78 is 17.1. The Hall–Kier alpha value is -2.32. The molecule has 0 aliphatic heterocycles. The van der Waals surface area contributed by atoms with Crippen molar-refractivity contribution >= 4 is 54.4 Å². The van der Waals surface area contributed by atoms with Crippen molar-refractivity contribution in [3.8, 4) is 11.5 Å². The quantitative estimate of drug-likeness (QED) is 0.550. The SMILES string of the molecule is COc1ccc(NC(=O)c2cc3cc(Br)cc(Br)c3oc2=O)c(OC)c1. The van der Waals surface area contributed by atoms with Crippen LogP contribution in [0.3, 0.4) is 0 Å². The maximum atomic E-state index is 12.6. The van der Waals surface area contributed by atoms with Gasteiger partial charge in [-0.15, -0.1) is 0 Å². The zero-order valence-corrected chi connectivity index (χ0v) is 16.9. The lowest BCUT2D eigenvalue weighted by Gasteiger charge is -2.11. The normalized spacial score (nSPS) is 10.6. The van der Waals surface area contributed by atoms with Gasteiger partial charge in [0.25, 0.3) is 5.91 Å². The maximum absolute atomic E-state index is 12.6. The molecule has 0 radical (unpaired) electrons. The molecule has 0 atom stereocenters. The number of methoxy groups -OCH3 is 2. The number of benzene rings is 2. The molecule has 1 heterocycles. The van der Waals surface area contributed by atoms with Crippen LogP contribution in [0.2, 0.25) is 0 Å². The zero-order chi connectivity index (χ0) is 18.8. The largest absolute Gasteiger partial charge is 0.497 e. The molecule has 0 saturated carbocycles. The van der Waals surface area contributed by atoms with Crippen molar-refractivity contribution in [2.75, 3.05) is 19.5 Å². The summed E-state index contributed by atoms with van der Waals surface area (Å²) >= 11 is 6.71. The maximum Gasteiger partial charge on any atom is 0.349 e. The van der Waals surface area contributed by atoms with E-state index in [1.807, 2.05) is 0 Å². The van der Waals surface area contributed by atoms with Crippen LogP contribution in [0.1, 0.15) is 10.4 Å². The lowest BCUT2D eigenvalue weighted by molar-refractivity contribution is 0.102. The molecule has 0 bridgehead atoms. The zero-order valence-electron chi connectivity index (χ0n) is 13.8. The summed E-state index contributed by atoms with van der Waals surface area (Å²) in [7, 11) is 3.01. The molecule has 0 saturated heterocycles. The molecule has 2 aromatic carbocycles. The molecule has 0 aliphatic rings. The van der Waals surface area contributed by atoms with Crippen LogP contribution in [0.25, 0.3) is 11.0 Å². The van der Waals surface area contributed by atoms with E-state index in [0.717, 1.165) is 4.47 Å².